The third kappa shape index (κ3) is 3.86. The summed E-state index contributed by atoms with van der Waals surface area (Å²) < 4.78 is 12.9. The van der Waals surface area contributed by atoms with E-state index in [0.717, 1.165) is 29.1 Å². The number of nitrogens with one attached hydrogen (secondary N) is 1. The van der Waals surface area contributed by atoms with Gasteiger partial charge in [0.15, 0.2) is 5.69 Å². The second-order valence-electron chi connectivity index (χ2n) is 6.49. The van der Waals surface area contributed by atoms with Gasteiger partial charge in [0.1, 0.15) is 18.1 Å². The van der Waals surface area contributed by atoms with Crippen molar-refractivity contribution >= 4 is 11.6 Å². The van der Waals surface area contributed by atoms with Crippen molar-refractivity contribution in [1.82, 2.24) is 14.9 Å². The van der Waals surface area contributed by atoms with Gasteiger partial charge in [-0.05, 0) is 51.8 Å². The Morgan fingerprint density at radius 1 is 1.26 bits per heavy atom. The quantitative estimate of drug-likeness (QED) is 0.712. The summed E-state index contributed by atoms with van der Waals surface area (Å²) in [6.45, 7) is 10.6. The van der Waals surface area contributed by atoms with E-state index in [1.807, 2.05) is 45.9 Å². The topological polar surface area (TPSA) is 82.2 Å². The van der Waals surface area contributed by atoms with E-state index in [4.69, 9.17) is 9.26 Å². The van der Waals surface area contributed by atoms with Crippen LogP contribution in [0.3, 0.4) is 0 Å². The van der Waals surface area contributed by atoms with Gasteiger partial charge >= 0.3 is 0 Å². The van der Waals surface area contributed by atoms with Gasteiger partial charge in [-0.1, -0.05) is 17.3 Å². The lowest BCUT2D eigenvalue weighted by Crippen LogP contribution is -2.15. The molecule has 1 aromatic carbocycles. The number of carbonyl (C=O) groups excluding carboxylic acids is 1. The van der Waals surface area contributed by atoms with E-state index in [-0.39, 0.29) is 18.2 Å². The lowest BCUT2D eigenvalue weighted by atomic mass is 10.1. The number of amides is 1. The van der Waals surface area contributed by atoms with Crippen molar-refractivity contribution in [3.8, 4) is 5.75 Å². The van der Waals surface area contributed by atoms with E-state index < -0.39 is 0 Å². The number of aryl methyl sites for hydroxylation is 4. The van der Waals surface area contributed by atoms with Crippen LogP contribution in [0, 0.1) is 27.7 Å². The molecule has 0 saturated carbocycles. The molecule has 1 N–H and O–H groups in total. The molecule has 0 radical (unpaired) electrons. The van der Waals surface area contributed by atoms with Gasteiger partial charge in [-0.2, -0.15) is 5.10 Å². The van der Waals surface area contributed by atoms with Crippen LogP contribution in [0.15, 0.2) is 28.9 Å². The largest absolute Gasteiger partial charge is 0.488 e. The number of aromatic nitrogens is 3. The first kappa shape index (κ1) is 18.7. The lowest BCUT2D eigenvalue weighted by Gasteiger charge is -2.11. The summed E-state index contributed by atoms with van der Waals surface area (Å²) in [4.78, 5) is 12.7. The summed E-state index contributed by atoms with van der Waals surface area (Å²) in [6, 6.07) is 5.89. The molecule has 0 unspecified atom stereocenters. The second kappa shape index (κ2) is 7.65. The highest BCUT2D eigenvalue weighted by molar-refractivity contribution is 6.04. The van der Waals surface area contributed by atoms with Crippen LogP contribution < -0.4 is 10.1 Å². The number of anilines is 1. The summed E-state index contributed by atoms with van der Waals surface area (Å²) in [5.41, 5.74) is 4.48. The number of rotatable bonds is 6. The van der Waals surface area contributed by atoms with Gasteiger partial charge in [0.2, 0.25) is 0 Å². The molecule has 0 atom stereocenters. The minimum absolute atomic E-state index is 0.204. The number of nitrogens with zero attached hydrogens (tertiary/aromatic N) is 3. The van der Waals surface area contributed by atoms with E-state index in [0.29, 0.717) is 17.0 Å². The lowest BCUT2D eigenvalue weighted by molar-refractivity contribution is 0.101. The molecule has 0 aliphatic carbocycles. The molecule has 0 spiro atoms. The zero-order valence-corrected chi connectivity index (χ0v) is 16.3. The molecule has 2 aromatic heterocycles. The Labute approximate surface area is 158 Å². The zero-order chi connectivity index (χ0) is 19.6. The van der Waals surface area contributed by atoms with E-state index in [1.165, 1.54) is 0 Å². The molecule has 3 rings (SSSR count). The fraction of sp³-hybridized carbons (Fsp3) is 0.350. The Bertz CT molecular complexity index is 972. The van der Waals surface area contributed by atoms with Gasteiger partial charge in [0.05, 0.1) is 16.9 Å². The molecule has 7 nitrogen and oxygen atoms in total. The maximum absolute atomic E-state index is 12.7. The molecule has 0 aliphatic heterocycles. The summed E-state index contributed by atoms with van der Waals surface area (Å²) in [5.74, 6) is 0.999. The average molecular weight is 368 g/mol. The molecule has 0 bridgehead atoms. The van der Waals surface area contributed by atoms with E-state index in [1.54, 1.807) is 17.8 Å². The predicted molar refractivity (Wildman–Crippen MR) is 102 cm³/mol. The van der Waals surface area contributed by atoms with Crippen molar-refractivity contribution in [2.75, 3.05) is 5.32 Å². The Balaban J connectivity index is 1.78. The van der Waals surface area contributed by atoms with Gasteiger partial charge in [-0.3, -0.25) is 9.48 Å². The predicted octanol–water partition coefficient (Wildman–Crippen LogP) is 3.96. The van der Waals surface area contributed by atoms with Crippen LogP contribution >= 0.6 is 0 Å². The first-order valence-electron chi connectivity index (χ1n) is 8.90. The van der Waals surface area contributed by atoms with Crippen LogP contribution in [0.25, 0.3) is 0 Å². The van der Waals surface area contributed by atoms with Crippen molar-refractivity contribution in [3.05, 3.63) is 58.2 Å². The van der Waals surface area contributed by atoms with Crippen LogP contribution in [0.5, 0.6) is 5.75 Å². The van der Waals surface area contributed by atoms with Crippen LogP contribution in [0.1, 0.15) is 45.6 Å². The highest BCUT2D eigenvalue weighted by Gasteiger charge is 2.22. The van der Waals surface area contributed by atoms with Gasteiger partial charge < -0.3 is 14.6 Å². The molecule has 2 heterocycles. The number of ether oxygens (including phenoxy) is 1. The summed E-state index contributed by atoms with van der Waals surface area (Å²) in [5, 5.41) is 11.1. The summed E-state index contributed by atoms with van der Waals surface area (Å²) in [7, 11) is 0. The minimum Gasteiger partial charge on any atom is -0.488 e. The number of hydrogen-bond acceptors (Lipinski definition) is 5. The van der Waals surface area contributed by atoms with E-state index in [2.05, 4.69) is 15.6 Å². The van der Waals surface area contributed by atoms with E-state index >= 15 is 0 Å². The molecule has 0 fully saturated rings. The molecule has 1 amide bonds. The third-order valence-electron chi connectivity index (χ3n) is 4.65. The Morgan fingerprint density at radius 2 is 2.04 bits per heavy atom. The monoisotopic (exact) mass is 368 g/mol. The third-order valence-corrected chi connectivity index (χ3v) is 4.65. The van der Waals surface area contributed by atoms with Gasteiger partial charge in [0.25, 0.3) is 5.91 Å². The molecule has 0 saturated heterocycles. The Morgan fingerprint density at radius 3 is 2.74 bits per heavy atom. The fourth-order valence-electron chi connectivity index (χ4n) is 2.75. The normalized spacial score (nSPS) is 10.9. The maximum atomic E-state index is 12.7. The van der Waals surface area contributed by atoms with Gasteiger partial charge in [-0.25, -0.2) is 0 Å². The number of carbonyl (C=O) groups is 1. The van der Waals surface area contributed by atoms with Crippen LogP contribution in [0.4, 0.5) is 5.69 Å². The number of benzene rings is 1. The molecule has 7 heteroatoms. The maximum Gasteiger partial charge on any atom is 0.278 e. The van der Waals surface area contributed by atoms with Crippen molar-refractivity contribution in [2.45, 2.75) is 47.8 Å². The van der Waals surface area contributed by atoms with Crippen LogP contribution in [0.2, 0.25) is 0 Å². The summed E-state index contributed by atoms with van der Waals surface area (Å²) in [6.07, 6.45) is 1.80. The standard InChI is InChI=1S/C20H24N4O3/c1-6-24-10-17(14(4)22-24)21-20(25)19-16(15(5)27-23-19)11-26-18-9-7-8-12(2)13(18)3/h7-10H,6,11H2,1-5H3,(H,21,25). The van der Waals surface area contributed by atoms with Gasteiger partial charge in [-0.15, -0.1) is 0 Å². The van der Waals surface area contributed by atoms with Crippen LogP contribution in [-0.4, -0.2) is 20.8 Å². The average Bonchev–Trinajstić information content (AvgIpc) is 3.19. The zero-order valence-electron chi connectivity index (χ0n) is 16.3. The Kier molecular flexibility index (Phi) is 5.30. The van der Waals surface area contributed by atoms with Crippen molar-refractivity contribution in [1.29, 1.82) is 0 Å². The molecule has 0 aliphatic rings. The van der Waals surface area contributed by atoms with Crippen molar-refractivity contribution in [3.63, 3.8) is 0 Å². The molecule has 142 valence electrons. The van der Waals surface area contributed by atoms with E-state index in [9.17, 15) is 4.79 Å². The smallest absolute Gasteiger partial charge is 0.278 e. The number of hydrogen-bond donors (Lipinski definition) is 1. The highest BCUT2D eigenvalue weighted by atomic mass is 16.5. The fourth-order valence-corrected chi connectivity index (χ4v) is 2.75. The van der Waals surface area contributed by atoms with Gasteiger partial charge in [0, 0.05) is 12.7 Å². The summed E-state index contributed by atoms with van der Waals surface area (Å²) >= 11 is 0. The molecule has 27 heavy (non-hydrogen) atoms. The first-order chi connectivity index (χ1) is 12.9. The minimum atomic E-state index is -0.342. The molecular formula is C20H24N4O3. The second-order valence-corrected chi connectivity index (χ2v) is 6.49. The highest BCUT2D eigenvalue weighted by Crippen LogP contribution is 2.24. The SMILES string of the molecule is CCn1cc(NC(=O)c2noc(C)c2COc2cccc(C)c2C)c(C)n1. The molecular weight excluding hydrogens is 344 g/mol. The Hall–Kier alpha value is -3.09. The first-order valence-corrected chi connectivity index (χ1v) is 8.90. The van der Waals surface area contributed by atoms with Crippen LogP contribution in [-0.2, 0) is 13.2 Å². The van der Waals surface area contributed by atoms with Crippen molar-refractivity contribution in [2.24, 2.45) is 0 Å². The van der Waals surface area contributed by atoms with Crippen molar-refractivity contribution < 1.29 is 14.1 Å². The molecule has 3 aromatic rings.